The van der Waals surface area contributed by atoms with Crippen LogP contribution >= 0.6 is 0 Å². The van der Waals surface area contributed by atoms with Crippen LogP contribution in [0.3, 0.4) is 0 Å². The summed E-state index contributed by atoms with van der Waals surface area (Å²) >= 11 is 0. The molecule has 1 fully saturated rings. The average molecular weight is 332 g/mol. The predicted octanol–water partition coefficient (Wildman–Crippen LogP) is 2.70. The van der Waals surface area contributed by atoms with Crippen molar-refractivity contribution in [2.45, 2.75) is 46.6 Å². The van der Waals surface area contributed by atoms with E-state index in [-0.39, 0.29) is 24.5 Å². The van der Waals surface area contributed by atoms with Gasteiger partial charge < -0.3 is 15.0 Å². The highest BCUT2D eigenvalue weighted by atomic mass is 16.5. The minimum Gasteiger partial charge on any atom is -0.365 e. The Labute approximate surface area is 144 Å². The molecule has 1 aromatic carbocycles. The lowest BCUT2D eigenvalue weighted by Crippen LogP contribution is -2.51. The van der Waals surface area contributed by atoms with Crippen LogP contribution in [0.15, 0.2) is 24.3 Å². The number of rotatable bonds is 4. The number of nitrogens with zero attached hydrogens (tertiary/aromatic N) is 1. The van der Waals surface area contributed by atoms with Crippen molar-refractivity contribution in [1.29, 1.82) is 0 Å². The number of hydrogen-bond donors (Lipinski definition) is 1. The Morgan fingerprint density at radius 3 is 2.46 bits per heavy atom. The summed E-state index contributed by atoms with van der Waals surface area (Å²) in [5, 5.41) is 2.90. The average Bonchev–Trinajstić information content (AvgIpc) is 2.53. The van der Waals surface area contributed by atoms with Crippen LogP contribution in [0.5, 0.6) is 0 Å². The van der Waals surface area contributed by atoms with Crippen molar-refractivity contribution in [1.82, 2.24) is 5.32 Å². The largest absolute Gasteiger partial charge is 0.365 e. The highest BCUT2D eigenvalue weighted by molar-refractivity contribution is 5.95. The SMILES string of the molecule is CC(C)c1ccc(N2CC(CNC(=O)C(C)(C)C)OCC2=O)cc1. The van der Waals surface area contributed by atoms with Crippen LogP contribution in [-0.4, -0.2) is 37.6 Å². The van der Waals surface area contributed by atoms with Gasteiger partial charge in [0.1, 0.15) is 6.61 Å². The molecule has 0 aromatic heterocycles. The molecule has 5 nitrogen and oxygen atoms in total. The molecule has 1 heterocycles. The Balaban J connectivity index is 2.00. The number of benzene rings is 1. The maximum atomic E-state index is 12.2. The fraction of sp³-hybridized carbons (Fsp3) is 0.579. The van der Waals surface area contributed by atoms with Gasteiger partial charge in [0.2, 0.25) is 5.91 Å². The molecule has 1 aliphatic rings. The van der Waals surface area contributed by atoms with E-state index in [1.54, 1.807) is 4.90 Å². The summed E-state index contributed by atoms with van der Waals surface area (Å²) in [5.41, 5.74) is 1.69. The molecular formula is C19H28N2O3. The first-order chi connectivity index (χ1) is 11.2. The van der Waals surface area contributed by atoms with Crippen LogP contribution < -0.4 is 10.2 Å². The highest BCUT2D eigenvalue weighted by Crippen LogP contribution is 2.22. The van der Waals surface area contributed by atoms with Crippen LogP contribution in [0.1, 0.15) is 46.1 Å². The number of carbonyl (C=O) groups excluding carboxylic acids is 2. The van der Waals surface area contributed by atoms with Gasteiger partial charge in [-0.05, 0) is 23.6 Å². The van der Waals surface area contributed by atoms with Crippen molar-refractivity contribution >= 4 is 17.5 Å². The lowest BCUT2D eigenvalue weighted by molar-refractivity contribution is -0.131. The van der Waals surface area contributed by atoms with Gasteiger partial charge in [-0.25, -0.2) is 0 Å². The maximum absolute atomic E-state index is 12.2. The lowest BCUT2D eigenvalue weighted by Gasteiger charge is -2.33. The maximum Gasteiger partial charge on any atom is 0.253 e. The molecule has 1 aliphatic heterocycles. The molecule has 1 N–H and O–H groups in total. The van der Waals surface area contributed by atoms with Crippen LogP contribution in [-0.2, 0) is 14.3 Å². The van der Waals surface area contributed by atoms with E-state index in [1.807, 2.05) is 32.9 Å². The third-order valence-electron chi connectivity index (χ3n) is 4.17. The summed E-state index contributed by atoms with van der Waals surface area (Å²) in [7, 11) is 0. The molecule has 0 aliphatic carbocycles. The topological polar surface area (TPSA) is 58.6 Å². The molecule has 2 rings (SSSR count). The Morgan fingerprint density at radius 2 is 1.92 bits per heavy atom. The molecule has 0 bridgehead atoms. The van der Waals surface area contributed by atoms with E-state index in [9.17, 15) is 9.59 Å². The minimum atomic E-state index is -0.434. The van der Waals surface area contributed by atoms with Gasteiger partial charge in [-0.2, -0.15) is 0 Å². The van der Waals surface area contributed by atoms with Gasteiger partial charge in [0.15, 0.2) is 0 Å². The fourth-order valence-corrected chi connectivity index (χ4v) is 2.51. The van der Waals surface area contributed by atoms with E-state index < -0.39 is 5.41 Å². The Hall–Kier alpha value is -1.88. The smallest absolute Gasteiger partial charge is 0.253 e. The normalized spacial score (nSPS) is 18.8. The molecule has 0 saturated carbocycles. The van der Waals surface area contributed by atoms with Gasteiger partial charge in [0, 0.05) is 17.6 Å². The van der Waals surface area contributed by atoms with Crippen molar-refractivity contribution in [3.8, 4) is 0 Å². The zero-order chi connectivity index (χ0) is 17.9. The number of hydrogen-bond acceptors (Lipinski definition) is 3. The van der Waals surface area contributed by atoms with E-state index in [0.717, 1.165) is 5.69 Å². The van der Waals surface area contributed by atoms with Crippen LogP contribution in [0.25, 0.3) is 0 Å². The third kappa shape index (κ3) is 4.57. The second kappa shape index (κ2) is 7.34. The molecular weight excluding hydrogens is 304 g/mol. The van der Waals surface area contributed by atoms with Crippen LogP contribution in [0.2, 0.25) is 0 Å². The van der Waals surface area contributed by atoms with E-state index in [2.05, 4.69) is 31.3 Å². The fourth-order valence-electron chi connectivity index (χ4n) is 2.51. The standard InChI is InChI=1S/C19H28N2O3/c1-13(2)14-6-8-15(9-7-14)21-11-16(24-12-17(21)22)10-20-18(23)19(3,4)5/h6-9,13,16H,10-12H2,1-5H3,(H,20,23). The molecule has 1 aromatic rings. The molecule has 1 atom stereocenters. The van der Waals surface area contributed by atoms with Crippen molar-refractivity contribution in [2.24, 2.45) is 5.41 Å². The van der Waals surface area contributed by atoms with E-state index in [1.165, 1.54) is 5.56 Å². The highest BCUT2D eigenvalue weighted by Gasteiger charge is 2.29. The molecule has 5 heteroatoms. The van der Waals surface area contributed by atoms with E-state index in [0.29, 0.717) is 19.0 Å². The predicted molar refractivity (Wildman–Crippen MR) is 95.1 cm³/mol. The summed E-state index contributed by atoms with van der Waals surface area (Å²) < 4.78 is 5.56. The first kappa shape index (κ1) is 18.5. The van der Waals surface area contributed by atoms with Gasteiger partial charge in [-0.3, -0.25) is 9.59 Å². The second-order valence-corrected chi connectivity index (χ2v) is 7.64. The lowest BCUT2D eigenvalue weighted by atomic mass is 9.95. The van der Waals surface area contributed by atoms with Gasteiger partial charge in [0.25, 0.3) is 5.91 Å². The van der Waals surface area contributed by atoms with Gasteiger partial charge in [0.05, 0.1) is 12.6 Å². The Bertz CT molecular complexity index is 588. The van der Waals surface area contributed by atoms with Crippen molar-refractivity contribution < 1.29 is 14.3 Å². The summed E-state index contributed by atoms with van der Waals surface area (Å²) in [6.45, 7) is 10.8. The third-order valence-corrected chi connectivity index (χ3v) is 4.17. The zero-order valence-corrected chi connectivity index (χ0v) is 15.3. The number of morpholine rings is 1. The Kier molecular flexibility index (Phi) is 5.65. The first-order valence-corrected chi connectivity index (χ1v) is 8.48. The molecule has 2 amide bonds. The summed E-state index contributed by atoms with van der Waals surface area (Å²) in [4.78, 5) is 25.9. The molecule has 132 valence electrons. The summed E-state index contributed by atoms with van der Waals surface area (Å²) in [6.07, 6.45) is -0.196. The number of nitrogens with one attached hydrogen (secondary N) is 1. The summed E-state index contributed by atoms with van der Waals surface area (Å²) in [5.74, 6) is 0.390. The van der Waals surface area contributed by atoms with E-state index in [4.69, 9.17) is 4.74 Å². The van der Waals surface area contributed by atoms with Crippen molar-refractivity contribution in [3.05, 3.63) is 29.8 Å². The number of amides is 2. The van der Waals surface area contributed by atoms with Gasteiger partial charge in [-0.15, -0.1) is 0 Å². The molecule has 0 spiro atoms. The monoisotopic (exact) mass is 332 g/mol. The van der Waals surface area contributed by atoms with Crippen LogP contribution in [0.4, 0.5) is 5.69 Å². The van der Waals surface area contributed by atoms with Gasteiger partial charge in [-0.1, -0.05) is 46.8 Å². The van der Waals surface area contributed by atoms with Crippen molar-refractivity contribution in [3.63, 3.8) is 0 Å². The number of anilines is 1. The van der Waals surface area contributed by atoms with E-state index >= 15 is 0 Å². The zero-order valence-electron chi connectivity index (χ0n) is 15.3. The number of carbonyl (C=O) groups is 2. The second-order valence-electron chi connectivity index (χ2n) is 7.64. The van der Waals surface area contributed by atoms with Gasteiger partial charge >= 0.3 is 0 Å². The minimum absolute atomic E-state index is 0.0177. The Morgan fingerprint density at radius 1 is 1.29 bits per heavy atom. The first-order valence-electron chi connectivity index (χ1n) is 8.48. The molecule has 24 heavy (non-hydrogen) atoms. The summed E-state index contributed by atoms with van der Waals surface area (Å²) in [6, 6.07) is 8.06. The molecule has 0 radical (unpaired) electrons. The quantitative estimate of drug-likeness (QED) is 0.922. The van der Waals surface area contributed by atoms with Crippen LogP contribution in [0, 0.1) is 5.41 Å². The number of ether oxygens (including phenoxy) is 1. The molecule has 1 saturated heterocycles. The van der Waals surface area contributed by atoms with Crippen molar-refractivity contribution in [2.75, 3.05) is 24.6 Å². The molecule has 1 unspecified atom stereocenters.